The van der Waals surface area contributed by atoms with Gasteiger partial charge in [0.05, 0.1) is 24.4 Å². The van der Waals surface area contributed by atoms with Crippen molar-refractivity contribution in [3.63, 3.8) is 0 Å². The van der Waals surface area contributed by atoms with Crippen molar-refractivity contribution >= 4 is 0 Å². The van der Waals surface area contributed by atoms with Crippen LogP contribution in [0.25, 0.3) is 0 Å². The van der Waals surface area contributed by atoms with Gasteiger partial charge < -0.3 is 14.7 Å². The number of nitrogens with zero attached hydrogens (tertiary/aromatic N) is 1. The number of ether oxygens (including phenoxy) is 1. The molecule has 3 rings (SSSR count). The van der Waals surface area contributed by atoms with Crippen molar-refractivity contribution in [1.82, 2.24) is 4.90 Å². The maximum absolute atomic E-state index is 13.7. The minimum atomic E-state index is -1.16. The van der Waals surface area contributed by atoms with Gasteiger partial charge in [-0.25, -0.2) is 8.78 Å². The van der Waals surface area contributed by atoms with Crippen molar-refractivity contribution in [3.05, 3.63) is 71.3 Å². The maximum Gasteiger partial charge on any atom is 0.131 e. The van der Waals surface area contributed by atoms with E-state index in [-0.39, 0.29) is 18.2 Å². The molecule has 1 unspecified atom stereocenters. The number of hydrogen-bond donors (Lipinski definition) is 1. The molecule has 5 heteroatoms. The number of likely N-dealkylation sites (tertiary alicyclic amines) is 1. The van der Waals surface area contributed by atoms with Crippen LogP contribution in [0.2, 0.25) is 0 Å². The van der Waals surface area contributed by atoms with Crippen molar-refractivity contribution < 1.29 is 18.6 Å². The van der Waals surface area contributed by atoms with E-state index in [0.717, 1.165) is 31.5 Å². The van der Waals surface area contributed by atoms with Crippen LogP contribution in [0.5, 0.6) is 0 Å². The van der Waals surface area contributed by atoms with E-state index in [1.165, 1.54) is 18.2 Å². The first-order valence-electron chi connectivity index (χ1n) is 8.63. The van der Waals surface area contributed by atoms with E-state index in [0.29, 0.717) is 6.61 Å². The Hall–Kier alpha value is -1.82. The molecular formula is C20H23F2NO2. The van der Waals surface area contributed by atoms with Gasteiger partial charge in [0.15, 0.2) is 0 Å². The Labute approximate surface area is 146 Å². The number of aliphatic hydroxyl groups excluding tert-OH is 1. The molecule has 0 spiro atoms. The predicted molar refractivity (Wildman–Crippen MR) is 92.0 cm³/mol. The molecule has 1 aliphatic heterocycles. The lowest BCUT2D eigenvalue weighted by Gasteiger charge is -2.33. The van der Waals surface area contributed by atoms with Gasteiger partial charge >= 0.3 is 0 Å². The van der Waals surface area contributed by atoms with Gasteiger partial charge in [0.1, 0.15) is 11.6 Å². The topological polar surface area (TPSA) is 32.7 Å². The SMILES string of the molecule is OC(CN1CCC(OCc2ccccc2)CC1)c1c(F)cccc1F. The third-order valence-corrected chi connectivity index (χ3v) is 4.63. The Morgan fingerprint density at radius 1 is 1.00 bits per heavy atom. The molecule has 3 nitrogen and oxygen atoms in total. The quantitative estimate of drug-likeness (QED) is 0.865. The zero-order chi connectivity index (χ0) is 17.6. The van der Waals surface area contributed by atoms with Crippen LogP contribution in [-0.4, -0.2) is 35.7 Å². The van der Waals surface area contributed by atoms with E-state index < -0.39 is 17.7 Å². The fourth-order valence-electron chi connectivity index (χ4n) is 3.21. The van der Waals surface area contributed by atoms with Gasteiger partial charge in [-0.1, -0.05) is 36.4 Å². The molecule has 1 fully saturated rings. The largest absolute Gasteiger partial charge is 0.387 e. The van der Waals surface area contributed by atoms with Crippen LogP contribution in [0, 0.1) is 11.6 Å². The second kappa shape index (κ2) is 8.52. The predicted octanol–water partition coefficient (Wildman–Crippen LogP) is 3.68. The first kappa shape index (κ1) is 18.0. The molecule has 0 aliphatic carbocycles. The minimum absolute atomic E-state index is 0.179. The Morgan fingerprint density at radius 3 is 2.28 bits per heavy atom. The van der Waals surface area contributed by atoms with E-state index in [2.05, 4.69) is 0 Å². The summed E-state index contributed by atoms with van der Waals surface area (Å²) in [6.45, 7) is 2.30. The maximum atomic E-state index is 13.7. The van der Waals surface area contributed by atoms with Crippen LogP contribution in [-0.2, 0) is 11.3 Å². The standard InChI is InChI=1S/C20H23F2NO2/c21-17-7-4-8-18(22)20(17)19(24)13-23-11-9-16(10-12-23)25-14-15-5-2-1-3-6-15/h1-8,16,19,24H,9-14H2. The Kier molecular flexibility index (Phi) is 6.13. The molecule has 0 saturated carbocycles. The van der Waals surface area contributed by atoms with Gasteiger partial charge in [-0.05, 0) is 30.5 Å². The lowest BCUT2D eigenvalue weighted by atomic mass is 10.0. The average molecular weight is 347 g/mol. The van der Waals surface area contributed by atoms with E-state index in [1.54, 1.807) is 0 Å². The lowest BCUT2D eigenvalue weighted by Crippen LogP contribution is -2.39. The molecule has 1 aliphatic rings. The van der Waals surface area contributed by atoms with Crippen molar-refractivity contribution in [1.29, 1.82) is 0 Å². The second-order valence-electron chi connectivity index (χ2n) is 6.45. The Balaban J connectivity index is 1.46. The molecule has 2 aromatic rings. The van der Waals surface area contributed by atoms with Crippen molar-refractivity contribution in [3.8, 4) is 0 Å². The number of benzene rings is 2. The number of hydrogen-bond acceptors (Lipinski definition) is 3. The van der Waals surface area contributed by atoms with Crippen molar-refractivity contribution in [2.24, 2.45) is 0 Å². The zero-order valence-corrected chi connectivity index (χ0v) is 14.1. The number of β-amino-alcohol motifs (C(OH)–C–C–N with tert-alkyl or cyclic N) is 1. The minimum Gasteiger partial charge on any atom is -0.387 e. The normalized spacial score (nSPS) is 17.6. The van der Waals surface area contributed by atoms with Gasteiger partial charge in [-0.15, -0.1) is 0 Å². The van der Waals surface area contributed by atoms with E-state index in [4.69, 9.17) is 4.74 Å². The summed E-state index contributed by atoms with van der Waals surface area (Å²) in [7, 11) is 0. The van der Waals surface area contributed by atoms with Crippen LogP contribution in [0.4, 0.5) is 8.78 Å². The highest BCUT2D eigenvalue weighted by Crippen LogP contribution is 2.23. The molecule has 25 heavy (non-hydrogen) atoms. The molecule has 2 aromatic carbocycles. The molecule has 1 atom stereocenters. The van der Waals surface area contributed by atoms with Gasteiger partial charge in [0.2, 0.25) is 0 Å². The third-order valence-electron chi connectivity index (χ3n) is 4.63. The van der Waals surface area contributed by atoms with Crippen LogP contribution < -0.4 is 0 Å². The Morgan fingerprint density at radius 2 is 1.64 bits per heavy atom. The van der Waals surface area contributed by atoms with Crippen LogP contribution in [0.1, 0.15) is 30.1 Å². The summed E-state index contributed by atoms with van der Waals surface area (Å²) < 4.78 is 33.4. The number of aliphatic hydroxyl groups is 1. The Bertz CT molecular complexity index is 652. The number of halogens is 2. The molecule has 1 heterocycles. The van der Waals surface area contributed by atoms with E-state index in [9.17, 15) is 13.9 Å². The summed E-state index contributed by atoms with van der Waals surface area (Å²) in [5.41, 5.74) is 0.903. The van der Waals surface area contributed by atoms with Crippen molar-refractivity contribution in [2.75, 3.05) is 19.6 Å². The van der Waals surface area contributed by atoms with Crippen molar-refractivity contribution in [2.45, 2.75) is 31.7 Å². The molecule has 0 radical (unpaired) electrons. The fraction of sp³-hybridized carbons (Fsp3) is 0.400. The highest BCUT2D eigenvalue weighted by Gasteiger charge is 2.24. The van der Waals surface area contributed by atoms with Gasteiger partial charge in [-0.3, -0.25) is 0 Å². The molecule has 1 saturated heterocycles. The van der Waals surface area contributed by atoms with E-state index in [1.807, 2.05) is 35.2 Å². The number of rotatable bonds is 6. The number of piperidine rings is 1. The summed E-state index contributed by atoms with van der Waals surface area (Å²) in [5, 5.41) is 10.2. The van der Waals surface area contributed by atoms with Crippen LogP contribution in [0.15, 0.2) is 48.5 Å². The molecule has 134 valence electrons. The summed E-state index contributed by atoms with van der Waals surface area (Å²) >= 11 is 0. The lowest BCUT2D eigenvalue weighted by molar-refractivity contribution is -0.0114. The van der Waals surface area contributed by atoms with Gasteiger partial charge in [0, 0.05) is 19.6 Å². The van der Waals surface area contributed by atoms with Crippen LogP contribution in [0.3, 0.4) is 0 Å². The van der Waals surface area contributed by atoms with Crippen LogP contribution >= 0.6 is 0 Å². The third kappa shape index (κ3) is 4.84. The fourth-order valence-corrected chi connectivity index (χ4v) is 3.21. The van der Waals surface area contributed by atoms with Gasteiger partial charge in [0.25, 0.3) is 0 Å². The zero-order valence-electron chi connectivity index (χ0n) is 14.1. The highest BCUT2D eigenvalue weighted by atomic mass is 19.1. The summed E-state index contributed by atoms with van der Waals surface area (Å²) in [4.78, 5) is 2.03. The monoisotopic (exact) mass is 347 g/mol. The van der Waals surface area contributed by atoms with E-state index >= 15 is 0 Å². The molecular weight excluding hydrogens is 324 g/mol. The smallest absolute Gasteiger partial charge is 0.131 e. The summed E-state index contributed by atoms with van der Waals surface area (Å²) in [6.07, 6.45) is 0.709. The highest BCUT2D eigenvalue weighted by molar-refractivity contribution is 5.22. The van der Waals surface area contributed by atoms with Gasteiger partial charge in [-0.2, -0.15) is 0 Å². The first-order valence-corrected chi connectivity index (χ1v) is 8.63. The summed E-state index contributed by atoms with van der Waals surface area (Å²) in [6, 6.07) is 13.7. The molecule has 0 amide bonds. The second-order valence-corrected chi connectivity index (χ2v) is 6.45. The molecule has 0 bridgehead atoms. The molecule has 1 N–H and O–H groups in total. The summed E-state index contributed by atoms with van der Waals surface area (Å²) in [5.74, 6) is -1.40. The average Bonchev–Trinajstić information content (AvgIpc) is 2.62. The first-order chi connectivity index (χ1) is 12.1. The molecule has 0 aromatic heterocycles.